The van der Waals surface area contributed by atoms with Crippen LogP contribution >= 0.6 is 0 Å². The Balaban J connectivity index is 1.40. The molecule has 0 N–H and O–H groups in total. The largest absolute Gasteiger partial charge is 0.243 e. The molecule has 1 aliphatic carbocycles. The molecule has 2 fully saturated rings. The molecule has 0 radical (unpaired) electrons. The average Bonchev–Trinajstić information content (AvgIpc) is 3.40. The molecule has 0 spiro atoms. The van der Waals surface area contributed by atoms with E-state index >= 15 is 0 Å². The quantitative estimate of drug-likeness (QED) is 0.619. The summed E-state index contributed by atoms with van der Waals surface area (Å²) in [6.45, 7) is 7.72. The van der Waals surface area contributed by atoms with E-state index < -0.39 is 20.0 Å². The van der Waals surface area contributed by atoms with Crippen molar-refractivity contribution in [3.8, 4) is 0 Å². The first-order valence-electron chi connectivity index (χ1n) is 11.4. The predicted octanol–water partition coefficient (Wildman–Crippen LogP) is 3.58. The molecule has 2 aromatic carbocycles. The van der Waals surface area contributed by atoms with Gasteiger partial charge in [0.05, 0.1) is 9.79 Å². The van der Waals surface area contributed by atoms with Gasteiger partial charge in [-0.05, 0) is 69.2 Å². The molecular weight excluding hydrogens is 456 g/mol. The summed E-state index contributed by atoms with van der Waals surface area (Å²) in [6.07, 6.45) is 0.828. The van der Waals surface area contributed by atoms with E-state index in [1.807, 2.05) is 38.1 Å². The molecule has 8 heteroatoms. The van der Waals surface area contributed by atoms with Crippen LogP contribution in [-0.2, 0) is 20.0 Å². The summed E-state index contributed by atoms with van der Waals surface area (Å²) in [6, 6.07) is 14.0. The first-order chi connectivity index (χ1) is 15.6. The molecule has 33 heavy (non-hydrogen) atoms. The van der Waals surface area contributed by atoms with Gasteiger partial charge in [0, 0.05) is 26.2 Å². The zero-order valence-electron chi connectivity index (χ0n) is 19.2. The summed E-state index contributed by atoms with van der Waals surface area (Å²) in [5, 5.41) is 0. The summed E-state index contributed by atoms with van der Waals surface area (Å²) in [7, 11) is -7.15. The van der Waals surface area contributed by atoms with Crippen LogP contribution in [0.1, 0.15) is 24.5 Å². The summed E-state index contributed by atoms with van der Waals surface area (Å²) in [4.78, 5) is 0.642. The minimum absolute atomic E-state index is 0.0715. The van der Waals surface area contributed by atoms with Crippen molar-refractivity contribution in [2.75, 3.05) is 26.2 Å². The van der Waals surface area contributed by atoms with E-state index in [1.54, 1.807) is 32.9 Å². The molecule has 0 saturated carbocycles. The molecule has 2 heterocycles. The van der Waals surface area contributed by atoms with Gasteiger partial charge in [0.1, 0.15) is 0 Å². The Labute approximate surface area is 197 Å². The maximum absolute atomic E-state index is 13.3. The zero-order chi connectivity index (χ0) is 23.5. The van der Waals surface area contributed by atoms with Crippen molar-refractivity contribution in [2.45, 2.75) is 37.0 Å². The highest BCUT2D eigenvalue weighted by molar-refractivity contribution is 7.89. The normalized spacial score (nSPS) is 26.5. The molecular formula is C25H30N2O4S2. The van der Waals surface area contributed by atoms with Crippen molar-refractivity contribution in [1.82, 2.24) is 8.61 Å². The molecule has 3 aliphatic rings. The van der Waals surface area contributed by atoms with Crippen LogP contribution in [0.5, 0.6) is 0 Å². The van der Waals surface area contributed by atoms with Gasteiger partial charge in [-0.1, -0.05) is 46.5 Å². The maximum atomic E-state index is 13.3. The second-order valence-corrected chi connectivity index (χ2v) is 13.7. The molecule has 5 rings (SSSR count). The van der Waals surface area contributed by atoms with Gasteiger partial charge in [0.15, 0.2) is 0 Å². The van der Waals surface area contributed by atoms with E-state index in [2.05, 4.69) is 6.92 Å². The average molecular weight is 487 g/mol. The van der Waals surface area contributed by atoms with Crippen LogP contribution in [0.4, 0.5) is 0 Å². The summed E-state index contributed by atoms with van der Waals surface area (Å²) >= 11 is 0. The molecule has 3 atom stereocenters. The van der Waals surface area contributed by atoms with Crippen LogP contribution in [0.2, 0.25) is 0 Å². The van der Waals surface area contributed by atoms with Crippen LogP contribution in [0, 0.1) is 31.6 Å². The fraction of sp³-hybridized carbons (Fsp3) is 0.440. The standard InChI is InChI=1S/C25H30N2O4S2/c1-17-4-8-21(9-5-17)32(28,29)26-13-20-12-19(3)23-14-27(16-25(23)24(20)15-26)33(30,31)22-10-6-18(2)7-11-22/h4-11,20,24-25H,12-16H2,1-3H3. The molecule has 6 nitrogen and oxygen atoms in total. The van der Waals surface area contributed by atoms with Crippen molar-refractivity contribution in [1.29, 1.82) is 0 Å². The van der Waals surface area contributed by atoms with Gasteiger partial charge in [-0.2, -0.15) is 8.61 Å². The smallest absolute Gasteiger partial charge is 0.207 e. The molecule has 0 amide bonds. The van der Waals surface area contributed by atoms with Gasteiger partial charge < -0.3 is 0 Å². The second-order valence-electron chi connectivity index (χ2n) is 9.79. The van der Waals surface area contributed by atoms with Gasteiger partial charge in [-0.25, -0.2) is 16.8 Å². The fourth-order valence-electron chi connectivity index (χ4n) is 5.70. The molecule has 3 unspecified atom stereocenters. The molecule has 2 aromatic rings. The topological polar surface area (TPSA) is 74.8 Å². The lowest BCUT2D eigenvalue weighted by atomic mass is 9.72. The van der Waals surface area contributed by atoms with Crippen LogP contribution in [0.3, 0.4) is 0 Å². The number of allylic oxidation sites excluding steroid dienone is 1. The van der Waals surface area contributed by atoms with E-state index in [4.69, 9.17) is 0 Å². The SMILES string of the molecule is CC1=C2CN(S(=O)(=O)c3ccc(C)cc3)CC2C2CN(S(=O)(=O)c3ccc(C)cc3)CC2C1. The number of hydrogen-bond acceptors (Lipinski definition) is 4. The maximum Gasteiger partial charge on any atom is 0.243 e. The van der Waals surface area contributed by atoms with Gasteiger partial charge in [-0.3, -0.25) is 0 Å². The van der Waals surface area contributed by atoms with Gasteiger partial charge in [0.25, 0.3) is 0 Å². The Morgan fingerprint density at radius 2 is 1.21 bits per heavy atom. The van der Waals surface area contributed by atoms with Gasteiger partial charge >= 0.3 is 0 Å². The molecule has 0 aromatic heterocycles. The van der Waals surface area contributed by atoms with Crippen LogP contribution in [0.15, 0.2) is 69.5 Å². The van der Waals surface area contributed by atoms with Crippen molar-refractivity contribution in [3.05, 3.63) is 70.8 Å². The van der Waals surface area contributed by atoms with E-state index in [-0.39, 0.29) is 17.8 Å². The third kappa shape index (κ3) is 3.87. The number of aryl methyl sites for hydroxylation is 2. The molecule has 0 bridgehead atoms. The van der Waals surface area contributed by atoms with E-state index in [1.165, 1.54) is 11.1 Å². The Kier molecular flexibility index (Phi) is 5.55. The minimum atomic E-state index is -3.59. The first kappa shape index (κ1) is 22.8. The van der Waals surface area contributed by atoms with Crippen LogP contribution in [0.25, 0.3) is 0 Å². The highest BCUT2D eigenvalue weighted by Crippen LogP contribution is 2.48. The minimum Gasteiger partial charge on any atom is -0.207 e. The van der Waals surface area contributed by atoms with Crippen molar-refractivity contribution in [3.63, 3.8) is 0 Å². The van der Waals surface area contributed by atoms with Gasteiger partial charge in [-0.15, -0.1) is 0 Å². The molecule has 2 aliphatic heterocycles. The first-order valence-corrected chi connectivity index (χ1v) is 14.3. The molecule has 176 valence electrons. The Hall–Kier alpha value is -2.00. The zero-order valence-corrected chi connectivity index (χ0v) is 20.9. The lowest BCUT2D eigenvalue weighted by Gasteiger charge is -2.31. The molecule has 2 saturated heterocycles. The third-order valence-electron chi connectivity index (χ3n) is 7.60. The second kappa shape index (κ2) is 8.05. The monoisotopic (exact) mass is 486 g/mol. The van der Waals surface area contributed by atoms with Crippen molar-refractivity contribution < 1.29 is 16.8 Å². The van der Waals surface area contributed by atoms with Crippen molar-refractivity contribution >= 4 is 20.0 Å². The summed E-state index contributed by atoms with van der Waals surface area (Å²) in [5.41, 5.74) is 4.44. The Bertz CT molecular complexity index is 1310. The van der Waals surface area contributed by atoms with E-state index in [0.29, 0.717) is 36.0 Å². The van der Waals surface area contributed by atoms with Gasteiger partial charge in [0.2, 0.25) is 20.0 Å². The number of nitrogens with zero attached hydrogens (tertiary/aromatic N) is 2. The van der Waals surface area contributed by atoms with E-state index in [9.17, 15) is 16.8 Å². The fourth-order valence-corrected chi connectivity index (χ4v) is 8.67. The Morgan fingerprint density at radius 3 is 1.76 bits per heavy atom. The van der Waals surface area contributed by atoms with Crippen LogP contribution < -0.4 is 0 Å². The number of fused-ring (bicyclic) bond motifs is 3. The van der Waals surface area contributed by atoms with Crippen LogP contribution in [-0.4, -0.2) is 51.6 Å². The lowest BCUT2D eigenvalue weighted by molar-refractivity contribution is 0.293. The van der Waals surface area contributed by atoms with Crippen molar-refractivity contribution in [2.24, 2.45) is 17.8 Å². The number of hydrogen-bond donors (Lipinski definition) is 0. The highest BCUT2D eigenvalue weighted by atomic mass is 32.2. The lowest BCUT2D eigenvalue weighted by Crippen LogP contribution is -2.33. The van der Waals surface area contributed by atoms with E-state index in [0.717, 1.165) is 17.5 Å². The summed E-state index contributed by atoms with van der Waals surface area (Å²) in [5.74, 6) is 0.435. The Morgan fingerprint density at radius 1 is 0.697 bits per heavy atom. The predicted molar refractivity (Wildman–Crippen MR) is 128 cm³/mol. The number of benzene rings is 2. The highest BCUT2D eigenvalue weighted by Gasteiger charge is 2.50. The summed E-state index contributed by atoms with van der Waals surface area (Å²) < 4.78 is 56.4. The number of rotatable bonds is 4. The third-order valence-corrected chi connectivity index (χ3v) is 11.3. The number of sulfonamides is 2.